The zero-order valence-electron chi connectivity index (χ0n) is 16.7. The highest BCUT2D eigenvalue weighted by Crippen LogP contribution is 2.31. The molecule has 6 heteroatoms. The lowest BCUT2D eigenvalue weighted by Crippen LogP contribution is -2.52. The Morgan fingerprint density at radius 1 is 0.857 bits per heavy atom. The summed E-state index contributed by atoms with van der Waals surface area (Å²) in [6, 6.07) is 3.19. The first-order valence-corrected chi connectivity index (χ1v) is 11.2. The van der Waals surface area contributed by atoms with Gasteiger partial charge in [-0.1, -0.05) is 32.1 Å². The minimum atomic E-state index is 0.105. The molecule has 28 heavy (non-hydrogen) atoms. The summed E-state index contributed by atoms with van der Waals surface area (Å²) in [6.45, 7) is 3.65. The second kappa shape index (κ2) is 7.82. The first-order valence-electron chi connectivity index (χ1n) is 11.2. The molecule has 0 atom stereocenters. The minimum Gasteiger partial charge on any atom is -0.336 e. The van der Waals surface area contributed by atoms with Crippen LogP contribution in [-0.2, 0) is 0 Å². The number of fused-ring (bicyclic) bond motifs is 1. The van der Waals surface area contributed by atoms with E-state index in [9.17, 15) is 4.79 Å². The average molecular weight is 382 g/mol. The van der Waals surface area contributed by atoms with Crippen LogP contribution in [0.3, 0.4) is 0 Å². The van der Waals surface area contributed by atoms with Crippen LogP contribution in [0.4, 0.5) is 0 Å². The van der Waals surface area contributed by atoms with Crippen LogP contribution in [-0.4, -0.2) is 62.5 Å². The molecule has 0 bridgehead atoms. The summed E-state index contributed by atoms with van der Waals surface area (Å²) in [5, 5.41) is 0. The Kier molecular flexibility index (Phi) is 5.05. The molecule has 2 aliphatic carbocycles. The molecule has 2 saturated carbocycles. The fourth-order valence-electron chi connectivity index (χ4n) is 5.40. The van der Waals surface area contributed by atoms with Crippen molar-refractivity contribution in [3.63, 3.8) is 0 Å². The van der Waals surface area contributed by atoms with E-state index >= 15 is 0 Å². The van der Waals surface area contributed by atoms with Crippen LogP contribution in [0.5, 0.6) is 0 Å². The van der Waals surface area contributed by atoms with Crippen LogP contribution in [0, 0.1) is 0 Å². The summed E-state index contributed by atoms with van der Waals surface area (Å²) in [5.74, 6) is 0.105. The van der Waals surface area contributed by atoms with Crippen molar-refractivity contribution in [1.29, 1.82) is 0 Å². The van der Waals surface area contributed by atoms with Crippen molar-refractivity contribution in [3.8, 4) is 0 Å². The summed E-state index contributed by atoms with van der Waals surface area (Å²) in [4.78, 5) is 26.8. The smallest absolute Gasteiger partial charge is 0.255 e. The van der Waals surface area contributed by atoms with Gasteiger partial charge in [0.25, 0.3) is 5.91 Å². The van der Waals surface area contributed by atoms with Crippen molar-refractivity contribution >= 4 is 17.1 Å². The number of carbonyl (C=O) groups is 1. The van der Waals surface area contributed by atoms with E-state index in [-0.39, 0.29) is 5.91 Å². The number of piperazine rings is 1. The minimum absolute atomic E-state index is 0.105. The molecule has 6 nitrogen and oxygen atoms in total. The number of imidazole rings is 1. The summed E-state index contributed by atoms with van der Waals surface area (Å²) in [5.41, 5.74) is 2.44. The van der Waals surface area contributed by atoms with Gasteiger partial charge in [0, 0.05) is 44.5 Å². The van der Waals surface area contributed by atoms with Gasteiger partial charge in [0.2, 0.25) is 0 Å². The van der Waals surface area contributed by atoms with Gasteiger partial charge in [-0.05, 0) is 31.7 Å². The number of rotatable bonds is 3. The molecule has 3 aliphatic rings. The number of pyridine rings is 1. The van der Waals surface area contributed by atoms with Crippen molar-refractivity contribution in [2.45, 2.75) is 69.9 Å². The molecule has 150 valence electrons. The Hall–Kier alpha value is -1.95. The van der Waals surface area contributed by atoms with E-state index < -0.39 is 0 Å². The van der Waals surface area contributed by atoms with Gasteiger partial charge in [-0.2, -0.15) is 0 Å². The topological polar surface area (TPSA) is 54.3 Å². The number of hydrogen-bond donors (Lipinski definition) is 0. The molecule has 3 fully saturated rings. The molecular weight excluding hydrogens is 350 g/mol. The lowest BCUT2D eigenvalue weighted by atomic mass is 9.94. The molecule has 2 aromatic rings. The third kappa shape index (κ3) is 3.43. The van der Waals surface area contributed by atoms with E-state index in [2.05, 4.69) is 19.4 Å². The molecule has 0 spiro atoms. The molecule has 1 saturated heterocycles. The van der Waals surface area contributed by atoms with Crippen LogP contribution in [0.25, 0.3) is 11.2 Å². The molecule has 0 radical (unpaired) electrons. The molecule has 0 unspecified atom stereocenters. The molecule has 0 aromatic carbocycles. The van der Waals surface area contributed by atoms with Crippen LogP contribution in [0.2, 0.25) is 0 Å². The van der Waals surface area contributed by atoms with Gasteiger partial charge >= 0.3 is 0 Å². The van der Waals surface area contributed by atoms with Crippen LogP contribution in [0.15, 0.2) is 18.6 Å². The highest BCUT2D eigenvalue weighted by atomic mass is 16.2. The maximum absolute atomic E-state index is 13.0. The molecule has 1 aliphatic heterocycles. The SMILES string of the molecule is O=C(c1cnc2c(c1)ncn2C1CCCC1)N1CCN(C2CCCCC2)CC1. The van der Waals surface area contributed by atoms with E-state index in [1.54, 1.807) is 6.20 Å². The normalized spacial score (nSPS) is 22.9. The van der Waals surface area contributed by atoms with Gasteiger partial charge < -0.3 is 9.47 Å². The molecule has 1 amide bonds. The van der Waals surface area contributed by atoms with E-state index in [1.165, 1.54) is 57.8 Å². The van der Waals surface area contributed by atoms with Gasteiger partial charge in [0.1, 0.15) is 5.52 Å². The van der Waals surface area contributed by atoms with E-state index in [0.29, 0.717) is 11.6 Å². The zero-order valence-corrected chi connectivity index (χ0v) is 16.7. The fourth-order valence-corrected chi connectivity index (χ4v) is 5.40. The highest BCUT2D eigenvalue weighted by molar-refractivity contribution is 5.96. The van der Waals surface area contributed by atoms with E-state index in [0.717, 1.165) is 43.4 Å². The number of amides is 1. The average Bonchev–Trinajstić information content (AvgIpc) is 3.43. The molecular formula is C22H31N5O. The third-order valence-electron chi connectivity index (χ3n) is 7.07. The largest absolute Gasteiger partial charge is 0.336 e. The number of aromatic nitrogens is 3. The molecule has 2 aromatic heterocycles. The zero-order chi connectivity index (χ0) is 18.9. The summed E-state index contributed by atoms with van der Waals surface area (Å²) < 4.78 is 2.21. The first kappa shape index (κ1) is 18.1. The van der Waals surface area contributed by atoms with E-state index in [1.807, 2.05) is 17.3 Å². The summed E-state index contributed by atoms with van der Waals surface area (Å²) >= 11 is 0. The predicted molar refractivity (Wildman–Crippen MR) is 109 cm³/mol. The van der Waals surface area contributed by atoms with Crippen molar-refractivity contribution in [2.24, 2.45) is 0 Å². The van der Waals surface area contributed by atoms with Crippen molar-refractivity contribution < 1.29 is 4.79 Å². The number of carbonyl (C=O) groups excluding carboxylic acids is 1. The first-order chi connectivity index (χ1) is 13.8. The van der Waals surface area contributed by atoms with E-state index in [4.69, 9.17) is 0 Å². The van der Waals surface area contributed by atoms with Crippen LogP contribution in [0.1, 0.15) is 74.2 Å². The van der Waals surface area contributed by atoms with Gasteiger partial charge in [-0.3, -0.25) is 9.69 Å². The monoisotopic (exact) mass is 381 g/mol. The number of nitrogens with zero attached hydrogens (tertiary/aromatic N) is 5. The van der Waals surface area contributed by atoms with Gasteiger partial charge in [0.05, 0.1) is 11.9 Å². The van der Waals surface area contributed by atoms with Crippen molar-refractivity contribution in [2.75, 3.05) is 26.2 Å². The Morgan fingerprint density at radius 2 is 1.54 bits per heavy atom. The molecule has 0 N–H and O–H groups in total. The highest BCUT2D eigenvalue weighted by Gasteiger charge is 2.28. The Labute approximate surface area is 166 Å². The second-order valence-corrected chi connectivity index (χ2v) is 8.78. The number of hydrogen-bond acceptors (Lipinski definition) is 4. The van der Waals surface area contributed by atoms with Gasteiger partial charge in [-0.15, -0.1) is 0 Å². The van der Waals surface area contributed by atoms with Crippen molar-refractivity contribution in [1.82, 2.24) is 24.3 Å². The Bertz CT molecular complexity index is 827. The van der Waals surface area contributed by atoms with Gasteiger partial charge in [-0.25, -0.2) is 9.97 Å². The Balaban J connectivity index is 1.26. The van der Waals surface area contributed by atoms with Crippen molar-refractivity contribution in [3.05, 3.63) is 24.2 Å². The third-order valence-corrected chi connectivity index (χ3v) is 7.07. The summed E-state index contributed by atoms with van der Waals surface area (Å²) in [7, 11) is 0. The lowest BCUT2D eigenvalue weighted by Gasteiger charge is -2.40. The Morgan fingerprint density at radius 3 is 2.29 bits per heavy atom. The molecule has 3 heterocycles. The standard InChI is InChI=1S/C22H31N5O/c28-22(26-12-10-25(11-13-26)18-6-2-1-3-7-18)17-14-20-21(23-15-17)27(16-24-20)19-8-4-5-9-19/h14-16,18-19H,1-13H2. The predicted octanol–water partition coefficient (Wildman–Crippen LogP) is 3.64. The lowest BCUT2D eigenvalue weighted by molar-refractivity contribution is 0.0523. The maximum atomic E-state index is 13.0. The quantitative estimate of drug-likeness (QED) is 0.815. The van der Waals surface area contributed by atoms with Crippen LogP contribution >= 0.6 is 0 Å². The fraction of sp³-hybridized carbons (Fsp3) is 0.682. The van der Waals surface area contributed by atoms with Crippen LogP contribution < -0.4 is 0 Å². The molecule has 5 rings (SSSR count). The summed E-state index contributed by atoms with van der Waals surface area (Å²) in [6.07, 6.45) is 15.4. The maximum Gasteiger partial charge on any atom is 0.255 e. The van der Waals surface area contributed by atoms with Gasteiger partial charge in [0.15, 0.2) is 5.65 Å². The second-order valence-electron chi connectivity index (χ2n) is 8.78.